The normalized spacial score (nSPS) is 11.2. The van der Waals surface area contributed by atoms with Crippen LogP contribution in [-0.2, 0) is 4.84 Å². The molecule has 1 heterocycles. The zero-order chi connectivity index (χ0) is 14.4. The van der Waals surface area contributed by atoms with E-state index in [2.05, 4.69) is 10.1 Å². The second kappa shape index (κ2) is 6.72. The fraction of sp³-hybridized carbons (Fsp3) is 0.0714. The fourth-order valence-corrected chi connectivity index (χ4v) is 2.11. The van der Waals surface area contributed by atoms with Crippen molar-refractivity contribution in [2.75, 3.05) is 6.26 Å². The van der Waals surface area contributed by atoms with Gasteiger partial charge >= 0.3 is 5.97 Å². The molecule has 0 aliphatic rings. The number of thioether (sulfide) groups is 1. The Labute approximate surface area is 120 Å². The van der Waals surface area contributed by atoms with Gasteiger partial charge in [-0.05, 0) is 30.5 Å². The average Bonchev–Trinajstić information content (AvgIpc) is 2.53. The Morgan fingerprint density at radius 1 is 1.30 bits per heavy atom. The first kappa shape index (κ1) is 14.1. The number of carbonyl (C=O) groups is 1. The van der Waals surface area contributed by atoms with Crippen LogP contribution in [0.5, 0.6) is 0 Å². The summed E-state index contributed by atoms with van der Waals surface area (Å²) in [7, 11) is 0. The molecular weight excluding hydrogens is 274 g/mol. The molecule has 0 aliphatic heterocycles. The largest absolute Gasteiger partial charge is 0.380 e. The fourth-order valence-electron chi connectivity index (χ4n) is 1.52. The summed E-state index contributed by atoms with van der Waals surface area (Å²) in [4.78, 5) is 21.6. The van der Waals surface area contributed by atoms with Gasteiger partial charge in [0.1, 0.15) is 0 Å². The van der Waals surface area contributed by atoms with Crippen molar-refractivity contribution in [3.05, 3.63) is 59.9 Å². The minimum Gasteiger partial charge on any atom is -0.380 e. The molecule has 2 aromatic rings. The molecule has 2 N–H and O–H groups in total. The van der Waals surface area contributed by atoms with E-state index in [9.17, 15) is 4.79 Å². The van der Waals surface area contributed by atoms with Crippen LogP contribution in [0.25, 0.3) is 0 Å². The molecule has 0 atom stereocenters. The van der Waals surface area contributed by atoms with E-state index in [1.807, 2.05) is 18.4 Å². The Hall–Kier alpha value is -2.34. The van der Waals surface area contributed by atoms with Gasteiger partial charge in [-0.2, -0.15) is 0 Å². The quantitative estimate of drug-likeness (QED) is 0.307. The van der Waals surface area contributed by atoms with Gasteiger partial charge in [0.2, 0.25) is 0 Å². The molecule has 0 unspecified atom stereocenters. The molecule has 0 aliphatic carbocycles. The lowest BCUT2D eigenvalue weighted by Gasteiger charge is -2.04. The molecule has 5 nitrogen and oxygen atoms in total. The number of nitrogens with zero attached hydrogens (tertiary/aromatic N) is 2. The molecule has 20 heavy (non-hydrogen) atoms. The molecule has 102 valence electrons. The topological polar surface area (TPSA) is 77.6 Å². The minimum atomic E-state index is -0.540. The van der Waals surface area contributed by atoms with Crippen LogP contribution in [0.15, 0.2) is 58.8 Å². The number of rotatable bonds is 4. The lowest BCUT2D eigenvalue weighted by Crippen LogP contribution is -2.15. The lowest BCUT2D eigenvalue weighted by molar-refractivity contribution is 0.0512. The van der Waals surface area contributed by atoms with Crippen LogP contribution in [0.2, 0.25) is 0 Å². The number of oxime groups is 1. The van der Waals surface area contributed by atoms with Gasteiger partial charge in [0.15, 0.2) is 5.84 Å². The highest BCUT2D eigenvalue weighted by Crippen LogP contribution is 2.20. The molecular formula is C14H13N3O2S. The first-order chi connectivity index (χ1) is 9.72. The summed E-state index contributed by atoms with van der Waals surface area (Å²) >= 11 is 1.46. The van der Waals surface area contributed by atoms with Crippen molar-refractivity contribution in [3.8, 4) is 0 Å². The van der Waals surface area contributed by atoms with Crippen molar-refractivity contribution in [1.29, 1.82) is 0 Å². The van der Waals surface area contributed by atoms with Crippen LogP contribution in [0.1, 0.15) is 15.9 Å². The van der Waals surface area contributed by atoms with Crippen molar-refractivity contribution in [3.63, 3.8) is 0 Å². The van der Waals surface area contributed by atoms with Gasteiger partial charge in [-0.25, -0.2) is 4.79 Å². The molecule has 0 fully saturated rings. The first-order valence-electron chi connectivity index (χ1n) is 5.80. The van der Waals surface area contributed by atoms with Crippen LogP contribution >= 0.6 is 11.8 Å². The molecule has 0 saturated carbocycles. The van der Waals surface area contributed by atoms with Crippen molar-refractivity contribution >= 4 is 23.6 Å². The van der Waals surface area contributed by atoms with Gasteiger partial charge in [-0.1, -0.05) is 17.3 Å². The molecule has 1 aromatic heterocycles. The Morgan fingerprint density at radius 3 is 2.80 bits per heavy atom. The number of aromatic nitrogens is 1. The summed E-state index contributed by atoms with van der Waals surface area (Å²) in [6, 6.07) is 10.6. The van der Waals surface area contributed by atoms with Gasteiger partial charge in [0, 0.05) is 22.9 Å². The first-order valence-corrected chi connectivity index (χ1v) is 7.03. The van der Waals surface area contributed by atoms with E-state index in [4.69, 9.17) is 10.6 Å². The highest BCUT2D eigenvalue weighted by molar-refractivity contribution is 7.98. The van der Waals surface area contributed by atoms with Gasteiger partial charge < -0.3 is 10.6 Å². The predicted molar refractivity (Wildman–Crippen MR) is 78.6 cm³/mol. The Morgan fingerprint density at radius 2 is 2.10 bits per heavy atom. The van der Waals surface area contributed by atoms with Gasteiger partial charge in [-0.15, -0.1) is 11.8 Å². The third kappa shape index (κ3) is 3.36. The molecule has 0 radical (unpaired) electrons. The maximum absolute atomic E-state index is 11.9. The molecule has 0 spiro atoms. The number of hydrogen-bond donors (Lipinski definition) is 1. The Balaban J connectivity index is 2.12. The van der Waals surface area contributed by atoms with Gasteiger partial charge in [0.05, 0.1) is 5.56 Å². The zero-order valence-corrected chi connectivity index (χ0v) is 11.6. The summed E-state index contributed by atoms with van der Waals surface area (Å²) in [5, 5.41) is 3.64. The number of carbonyl (C=O) groups excluding carboxylic acids is 1. The van der Waals surface area contributed by atoms with E-state index in [1.165, 1.54) is 11.8 Å². The average molecular weight is 287 g/mol. The zero-order valence-electron chi connectivity index (χ0n) is 10.8. The standard InChI is InChI=1S/C14H13N3O2S/c1-20-12-7-3-2-6-11(12)14(18)19-17-13(15)10-5-4-8-16-9-10/h2-9H,1H3,(H2,15,17). The number of hydrogen-bond acceptors (Lipinski definition) is 5. The van der Waals surface area contributed by atoms with Crippen molar-refractivity contribution in [2.24, 2.45) is 10.9 Å². The number of nitrogens with two attached hydrogens (primary N) is 1. The van der Waals surface area contributed by atoms with Crippen LogP contribution in [-0.4, -0.2) is 23.0 Å². The van der Waals surface area contributed by atoms with Crippen LogP contribution in [0.3, 0.4) is 0 Å². The summed E-state index contributed by atoms with van der Waals surface area (Å²) in [6.45, 7) is 0. The monoisotopic (exact) mass is 287 g/mol. The summed E-state index contributed by atoms with van der Waals surface area (Å²) in [6.07, 6.45) is 5.05. The highest BCUT2D eigenvalue weighted by Gasteiger charge is 2.12. The number of benzene rings is 1. The van der Waals surface area contributed by atoms with E-state index >= 15 is 0 Å². The molecule has 0 bridgehead atoms. The smallest absolute Gasteiger partial charge is 0.366 e. The highest BCUT2D eigenvalue weighted by atomic mass is 32.2. The van der Waals surface area contributed by atoms with Crippen molar-refractivity contribution in [2.45, 2.75) is 4.90 Å². The maximum atomic E-state index is 11.9. The number of pyridine rings is 1. The molecule has 0 saturated heterocycles. The van der Waals surface area contributed by atoms with E-state index in [0.717, 1.165) is 4.90 Å². The van der Waals surface area contributed by atoms with E-state index in [1.54, 1.807) is 36.7 Å². The minimum absolute atomic E-state index is 0.105. The second-order valence-corrected chi connectivity index (χ2v) is 4.65. The SMILES string of the molecule is CSc1ccccc1C(=O)O/N=C(/N)c1cccnc1. The second-order valence-electron chi connectivity index (χ2n) is 3.80. The molecule has 6 heteroatoms. The van der Waals surface area contributed by atoms with Crippen molar-refractivity contribution < 1.29 is 9.63 Å². The third-order valence-electron chi connectivity index (χ3n) is 2.51. The van der Waals surface area contributed by atoms with E-state index < -0.39 is 5.97 Å². The van der Waals surface area contributed by atoms with Crippen LogP contribution < -0.4 is 5.73 Å². The molecule has 0 amide bonds. The Kier molecular flexibility index (Phi) is 4.73. The van der Waals surface area contributed by atoms with E-state index in [0.29, 0.717) is 11.1 Å². The summed E-state index contributed by atoms with van der Waals surface area (Å²) in [5.74, 6) is -0.435. The maximum Gasteiger partial charge on any atom is 0.366 e. The predicted octanol–water partition coefficient (Wildman–Crippen LogP) is 2.28. The Bertz CT molecular complexity index is 629. The summed E-state index contributed by atoms with van der Waals surface area (Å²) < 4.78 is 0. The van der Waals surface area contributed by atoms with Gasteiger partial charge in [-0.3, -0.25) is 4.98 Å². The van der Waals surface area contributed by atoms with Gasteiger partial charge in [0.25, 0.3) is 0 Å². The van der Waals surface area contributed by atoms with Crippen LogP contribution in [0, 0.1) is 0 Å². The lowest BCUT2D eigenvalue weighted by atomic mass is 10.2. The summed E-state index contributed by atoms with van der Waals surface area (Å²) in [5.41, 5.74) is 6.78. The third-order valence-corrected chi connectivity index (χ3v) is 3.31. The van der Waals surface area contributed by atoms with E-state index in [-0.39, 0.29) is 5.84 Å². The van der Waals surface area contributed by atoms with Crippen LogP contribution in [0.4, 0.5) is 0 Å². The molecule has 2 rings (SSSR count). The van der Waals surface area contributed by atoms with Crippen molar-refractivity contribution in [1.82, 2.24) is 4.98 Å². The molecule has 1 aromatic carbocycles. The number of amidine groups is 1.